The van der Waals surface area contributed by atoms with E-state index in [0.29, 0.717) is 13.1 Å². The van der Waals surface area contributed by atoms with Crippen molar-refractivity contribution in [3.8, 4) is 0 Å². The Morgan fingerprint density at radius 3 is 2.68 bits per heavy atom. The second-order valence-electron chi connectivity index (χ2n) is 12.3. The van der Waals surface area contributed by atoms with E-state index in [1.807, 2.05) is 43.3 Å². The molecule has 11 nitrogen and oxygen atoms in total. The van der Waals surface area contributed by atoms with Gasteiger partial charge in [-0.1, -0.05) is 52.9 Å². The van der Waals surface area contributed by atoms with Gasteiger partial charge in [0.05, 0.1) is 18.1 Å². The number of aryl methyl sites for hydroxylation is 1. The number of fused-ring (bicyclic) bond motifs is 3. The quantitative estimate of drug-likeness (QED) is 0.122. The lowest BCUT2D eigenvalue weighted by atomic mass is 9.80. The molecule has 2 aliphatic heterocycles. The Balaban J connectivity index is 1.12. The molecule has 3 heterocycles. The van der Waals surface area contributed by atoms with Gasteiger partial charge in [0.25, 0.3) is 0 Å². The molecule has 5 rings (SSSR count). The molecule has 13 heteroatoms. The molecular formula is C31H41IN4O7S. The van der Waals surface area contributed by atoms with Crippen LogP contribution in [0.1, 0.15) is 50.2 Å². The minimum Gasteiger partial charge on any atom is -0.459 e. The number of ether oxygens (including phenoxy) is 3. The van der Waals surface area contributed by atoms with E-state index in [1.54, 1.807) is 0 Å². The van der Waals surface area contributed by atoms with Crippen LogP contribution in [-0.2, 0) is 38.6 Å². The monoisotopic (exact) mass is 740 g/mol. The Kier molecular flexibility index (Phi) is 10.7. The number of alkyl halides is 1. The highest BCUT2D eigenvalue weighted by atomic mass is 127. The molecular weight excluding hydrogens is 699 g/mol. The number of carbonyl (C=O) groups excluding carboxylic acids is 2. The van der Waals surface area contributed by atoms with Crippen molar-refractivity contribution in [3.63, 3.8) is 0 Å². The molecule has 0 saturated carbocycles. The van der Waals surface area contributed by atoms with Crippen molar-refractivity contribution in [1.82, 2.24) is 18.7 Å². The fourth-order valence-corrected chi connectivity index (χ4v) is 7.36. The molecule has 1 amide bonds. The summed E-state index contributed by atoms with van der Waals surface area (Å²) in [5.41, 5.74) is 2.17. The van der Waals surface area contributed by atoms with E-state index >= 15 is 0 Å². The number of nitrogens with zero attached hydrogens (tertiary/aromatic N) is 3. The summed E-state index contributed by atoms with van der Waals surface area (Å²) < 4.78 is 21.2. The van der Waals surface area contributed by atoms with Crippen molar-refractivity contribution < 1.29 is 23.8 Å². The molecule has 44 heavy (non-hydrogen) atoms. The van der Waals surface area contributed by atoms with Crippen LogP contribution in [-0.4, -0.2) is 75.0 Å². The fourth-order valence-electron chi connectivity index (χ4n) is 6.19. The number of rotatable bonds is 11. The van der Waals surface area contributed by atoms with Crippen molar-refractivity contribution in [1.29, 1.82) is 0 Å². The van der Waals surface area contributed by atoms with Crippen LogP contribution in [0, 0.1) is 11.8 Å². The topological polar surface area (TPSA) is 124 Å². The summed E-state index contributed by atoms with van der Waals surface area (Å²) in [5.74, 6) is -0.295. The Morgan fingerprint density at radius 1 is 1.20 bits per heavy atom. The first-order chi connectivity index (χ1) is 21.1. The Morgan fingerprint density at radius 2 is 1.95 bits per heavy atom. The smallest absolute Gasteiger partial charge is 0.407 e. The lowest BCUT2D eigenvalue weighted by Gasteiger charge is -2.24. The first-order valence-electron chi connectivity index (χ1n) is 15.1. The molecule has 0 bridgehead atoms. The van der Waals surface area contributed by atoms with Gasteiger partial charge in [-0.15, -0.1) is 0 Å². The Labute approximate surface area is 274 Å². The first kappa shape index (κ1) is 32.9. The standard InChI is InChI=1S/C31H41IN4O7S/c1-31-13-4-6-22(11-12-23-24(18-34(2)3)27(37)42-25(23)26(31)43-31)19-41-28(38)33-16-20-7-9-21(10-8-20)17-35-29(39)36(15-5-14-32)44-30(35)40/h6-10,23-26H,4-5,11-19H2,1-3H3,(H,33,38)/b22-6+/t23-,24?,25-,26-,31+/m0/s1. The van der Waals surface area contributed by atoms with Gasteiger partial charge in [0.2, 0.25) is 0 Å². The number of alkyl carbamates (subject to hydrolysis) is 1. The fraction of sp³-hybridized carbons (Fsp3) is 0.613. The molecule has 1 unspecified atom stereocenters. The highest BCUT2D eigenvalue weighted by Crippen LogP contribution is 2.50. The van der Waals surface area contributed by atoms with Crippen LogP contribution >= 0.6 is 34.1 Å². The third-order valence-corrected chi connectivity index (χ3v) is 10.4. The number of amides is 1. The van der Waals surface area contributed by atoms with Gasteiger partial charge in [0.15, 0.2) is 0 Å². The minimum atomic E-state index is -0.510. The normalized spacial score (nSPS) is 27.6. The maximum Gasteiger partial charge on any atom is 0.407 e. The average Bonchev–Trinajstić information content (AvgIpc) is 3.47. The maximum absolute atomic E-state index is 12.8. The van der Waals surface area contributed by atoms with Gasteiger partial charge in [-0.05, 0) is 69.8 Å². The Hall–Kier alpha value is -2.49. The summed E-state index contributed by atoms with van der Waals surface area (Å²) in [4.78, 5) is 52.0. The van der Waals surface area contributed by atoms with E-state index in [4.69, 9.17) is 14.2 Å². The molecule has 240 valence electrons. The number of carbonyl (C=O) groups is 2. The molecule has 2 saturated heterocycles. The van der Waals surface area contributed by atoms with Crippen molar-refractivity contribution in [2.24, 2.45) is 11.8 Å². The highest BCUT2D eigenvalue weighted by Gasteiger charge is 2.62. The molecule has 1 aliphatic carbocycles. The lowest BCUT2D eigenvalue weighted by Crippen LogP contribution is -2.34. The number of benzene rings is 1. The highest BCUT2D eigenvalue weighted by molar-refractivity contribution is 14.1. The van der Waals surface area contributed by atoms with Crippen molar-refractivity contribution in [3.05, 3.63) is 67.2 Å². The second-order valence-corrected chi connectivity index (χ2v) is 14.4. The van der Waals surface area contributed by atoms with Gasteiger partial charge >= 0.3 is 22.6 Å². The zero-order valence-corrected chi connectivity index (χ0v) is 28.4. The molecule has 2 aromatic rings. The molecule has 0 radical (unpaired) electrons. The number of allylic oxidation sites excluding steroid dienone is 1. The molecule has 5 atom stereocenters. The summed E-state index contributed by atoms with van der Waals surface area (Å²) >= 11 is 3.21. The van der Waals surface area contributed by atoms with Crippen LogP contribution in [0.2, 0.25) is 0 Å². The summed E-state index contributed by atoms with van der Waals surface area (Å²) in [7, 11) is 3.93. The van der Waals surface area contributed by atoms with Gasteiger partial charge < -0.3 is 24.4 Å². The third-order valence-electron chi connectivity index (χ3n) is 8.70. The molecule has 1 aromatic carbocycles. The van der Waals surface area contributed by atoms with Crippen molar-refractivity contribution in [2.75, 3.05) is 31.7 Å². The van der Waals surface area contributed by atoms with Crippen LogP contribution in [0.25, 0.3) is 0 Å². The molecule has 3 aliphatic rings. The number of aromatic nitrogens is 2. The summed E-state index contributed by atoms with van der Waals surface area (Å²) in [6.45, 7) is 3.94. The molecule has 1 N–H and O–H groups in total. The number of halogens is 1. The van der Waals surface area contributed by atoms with E-state index in [9.17, 15) is 19.2 Å². The van der Waals surface area contributed by atoms with Crippen LogP contribution < -0.4 is 15.9 Å². The SMILES string of the molecule is CN(C)CC1C(=O)O[C@H]2[C@H]1CC/C(COC(=O)NCc1ccc(Cn3c(=O)sn(CCCI)c3=O)cc1)=C\CC[C@@]1(C)O[C@@H]21. The largest absolute Gasteiger partial charge is 0.459 e. The lowest BCUT2D eigenvalue weighted by molar-refractivity contribution is -0.145. The van der Waals surface area contributed by atoms with Crippen LogP contribution in [0.15, 0.2) is 45.5 Å². The van der Waals surface area contributed by atoms with Crippen molar-refractivity contribution in [2.45, 2.75) is 76.5 Å². The number of epoxide rings is 1. The van der Waals surface area contributed by atoms with Gasteiger partial charge in [0.1, 0.15) is 18.8 Å². The van der Waals surface area contributed by atoms with E-state index in [2.05, 4.69) is 40.9 Å². The predicted molar refractivity (Wildman–Crippen MR) is 175 cm³/mol. The van der Waals surface area contributed by atoms with Crippen molar-refractivity contribution >= 4 is 46.2 Å². The van der Waals surface area contributed by atoms with Gasteiger partial charge in [-0.2, -0.15) is 0 Å². The van der Waals surface area contributed by atoms with Crippen LogP contribution in [0.4, 0.5) is 4.79 Å². The average molecular weight is 741 g/mol. The second kappa shape index (κ2) is 14.3. The predicted octanol–water partition coefficient (Wildman–Crippen LogP) is 3.55. The van der Waals surface area contributed by atoms with Crippen LogP contribution in [0.5, 0.6) is 0 Å². The van der Waals surface area contributed by atoms with E-state index < -0.39 is 6.09 Å². The number of esters is 1. The van der Waals surface area contributed by atoms with E-state index in [1.165, 1.54) is 8.52 Å². The summed E-state index contributed by atoms with van der Waals surface area (Å²) in [6, 6.07) is 7.44. The molecule has 0 spiro atoms. The zero-order chi connectivity index (χ0) is 31.4. The minimum absolute atomic E-state index is 0.0511. The Bertz CT molecular complexity index is 1480. The zero-order valence-electron chi connectivity index (χ0n) is 25.5. The number of hydrogen-bond acceptors (Lipinski definition) is 9. The van der Waals surface area contributed by atoms with E-state index in [-0.39, 0.29) is 65.9 Å². The maximum atomic E-state index is 12.8. The van der Waals surface area contributed by atoms with Gasteiger partial charge in [-0.25, -0.2) is 18.1 Å². The summed E-state index contributed by atoms with van der Waals surface area (Å²) in [5, 5.41) is 2.80. The van der Waals surface area contributed by atoms with E-state index in [0.717, 1.165) is 64.8 Å². The summed E-state index contributed by atoms with van der Waals surface area (Å²) in [6.07, 6.45) is 5.29. The van der Waals surface area contributed by atoms with Gasteiger partial charge in [-0.3, -0.25) is 9.59 Å². The van der Waals surface area contributed by atoms with Crippen LogP contribution in [0.3, 0.4) is 0 Å². The first-order valence-corrected chi connectivity index (χ1v) is 17.4. The number of nitrogens with one attached hydrogen (secondary N) is 1. The van der Waals surface area contributed by atoms with Gasteiger partial charge in [0, 0.05) is 41.5 Å². The number of hydrogen-bond donors (Lipinski definition) is 1. The molecule has 1 aromatic heterocycles. The molecule has 2 fully saturated rings. The third kappa shape index (κ3) is 7.83.